The first-order chi connectivity index (χ1) is 14.3. The van der Waals surface area contributed by atoms with Gasteiger partial charge in [0.1, 0.15) is 0 Å². The summed E-state index contributed by atoms with van der Waals surface area (Å²) in [6, 6.07) is 7.66. The Bertz CT molecular complexity index is 1020. The summed E-state index contributed by atoms with van der Waals surface area (Å²) in [6.07, 6.45) is 0.188. The van der Waals surface area contributed by atoms with Crippen LogP contribution in [0.25, 0.3) is 0 Å². The number of aliphatic hydroxyl groups excluding tert-OH is 1. The van der Waals surface area contributed by atoms with Crippen LogP contribution in [0.5, 0.6) is 5.88 Å². The highest BCUT2D eigenvalue weighted by Crippen LogP contribution is 2.13. The third-order valence-electron chi connectivity index (χ3n) is 3.55. The van der Waals surface area contributed by atoms with E-state index in [2.05, 4.69) is 15.6 Å². The van der Waals surface area contributed by atoms with E-state index in [4.69, 9.17) is 9.84 Å². The van der Waals surface area contributed by atoms with Crippen LogP contribution in [0.2, 0.25) is 0 Å². The molecule has 11 nitrogen and oxygen atoms in total. The Morgan fingerprint density at radius 3 is 2.47 bits per heavy atom. The highest BCUT2D eigenvalue weighted by atomic mass is 32.2. The second kappa shape index (κ2) is 10.3. The highest BCUT2D eigenvalue weighted by molar-refractivity contribution is 7.90. The zero-order chi connectivity index (χ0) is 22.1. The molecule has 1 aromatic carbocycles. The van der Waals surface area contributed by atoms with Gasteiger partial charge in [0.15, 0.2) is 0 Å². The minimum Gasteiger partial charge on any atom is -0.395 e. The molecule has 0 aliphatic rings. The van der Waals surface area contributed by atoms with Crippen molar-refractivity contribution in [2.45, 2.75) is 11.8 Å². The zero-order valence-electron chi connectivity index (χ0n) is 15.9. The Kier molecular flexibility index (Phi) is 7.83. The average molecular weight is 436 g/mol. The first-order valence-electron chi connectivity index (χ1n) is 8.75. The van der Waals surface area contributed by atoms with Gasteiger partial charge in [0, 0.05) is 30.9 Å². The second-order valence-electron chi connectivity index (χ2n) is 5.75. The molecule has 0 fully saturated rings. The van der Waals surface area contributed by atoms with Crippen LogP contribution in [0.15, 0.2) is 47.5 Å². The Balaban J connectivity index is 2.08. The quantitative estimate of drug-likeness (QED) is 0.450. The van der Waals surface area contributed by atoms with Crippen molar-refractivity contribution in [3.05, 3.63) is 53.7 Å². The number of nitrogens with one attached hydrogen (secondary N) is 3. The third-order valence-corrected chi connectivity index (χ3v) is 4.88. The molecule has 2 aromatic rings. The molecule has 0 radical (unpaired) electrons. The van der Waals surface area contributed by atoms with Gasteiger partial charge >= 0.3 is 6.09 Å². The molecule has 12 heteroatoms. The van der Waals surface area contributed by atoms with Crippen LogP contribution in [0.3, 0.4) is 0 Å². The zero-order valence-corrected chi connectivity index (χ0v) is 16.7. The summed E-state index contributed by atoms with van der Waals surface area (Å²) < 4.78 is 31.7. The molecule has 4 N–H and O–H groups in total. The minimum absolute atomic E-state index is 0.00150. The molecular formula is C18H20N4O7S. The highest BCUT2D eigenvalue weighted by Gasteiger charge is 2.20. The summed E-state index contributed by atoms with van der Waals surface area (Å²) in [5.41, 5.74) is 0.0383. The molecule has 0 aliphatic carbocycles. The number of ether oxygens (including phenoxy) is 1. The number of rotatable bonds is 8. The van der Waals surface area contributed by atoms with Gasteiger partial charge in [0.05, 0.1) is 17.1 Å². The van der Waals surface area contributed by atoms with Gasteiger partial charge in [-0.2, -0.15) is 0 Å². The van der Waals surface area contributed by atoms with Crippen LogP contribution in [-0.4, -0.2) is 56.1 Å². The van der Waals surface area contributed by atoms with Crippen molar-refractivity contribution in [3.63, 3.8) is 0 Å². The molecule has 0 bridgehead atoms. The lowest BCUT2D eigenvalue weighted by Gasteiger charge is -2.09. The van der Waals surface area contributed by atoms with Crippen molar-refractivity contribution in [1.82, 2.24) is 20.3 Å². The molecule has 0 atom stereocenters. The third kappa shape index (κ3) is 6.25. The van der Waals surface area contributed by atoms with Gasteiger partial charge in [0.2, 0.25) is 5.88 Å². The SMILES string of the molecule is CCNC(=O)c1cccc(S(=O)(=O)NC(=O)c2ccc(OC(=O)NCCO)nc2)c1. The van der Waals surface area contributed by atoms with E-state index in [0.29, 0.717) is 6.54 Å². The number of benzene rings is 1. The summed E-state index contributed by atoms with van der Waals surface area (Å²) >= 11 is 0. The van der Waals surface area contributed by atoms with E-state index in [0.717, 1.165) is 12.3 Å². The van der Waals surface area contributed by atoms with E-state index in [1.165, 1.54) is 30.3 Å². The normalized spacial score (nSPS) is 10.7. The van der Waals surface area contributed by atoms with Crippen molar-refractivity contribution < 1.29 is 32.6 Å². The van der Waals surface area contributed by atoms with E-state index in [9.17, 15) is 22.8 Å². The molecule has 0 aliphatic heterocycles. The number of hydrogen-bond donors (Lipinski definition) is 4. The van der Waals surface area contributed by atoms with Crippen molar-refractivity contribution in [3.8, 4) is 5.88 Å². The number of sulfonamides is 1. The number of pyridine rings is 1. The van der Waals surface area contributed by atoms with Crippen molar-refractivity contribution in [1.29, 1.82) is 0 Å². The smallest absolute Gasteiger partial charge is 0.395 e. The van der Waals surface area contributed by atoms with Crippen molar-refractivity contribution in [2.75, 3.05) is 19.7 Å². The molecule has 2 rings (SSSR count). The van der Waals surface area contributed by atoms with Gasteiger partial charge in [-0.3, -0.25) is 9.59 Å². The van der Waals surface area contributed by atoms with Crippen molar-refractivity contribution >= 4 is 27.9 Å². The molecular weight excluding hydrogens is 416 g/mol. The van der Waals surface area contributed by atoms with Gasteiger partial charge in [-0.1, -0.05) is 6.07 Å². The predicted molar refractivity (Wildman–Crippen MR) is 104 cm³/mol. The number of aliphatic hydroxyl groups is 1. The topological polar surface area (TPSA) is 164 Å². The van der Waals surface area contributed by atoms with E-state index < -0.39 is 27.9 Å². The minimum atomic E-state index is -4.24. The van der Waals surface area contributed by atoms with Crippen LogP contribution in [0.1, 0.15) is 27.6 Å². The molecule has 0 spiro atoms. The van der Waals surface area contributed by atoms with Crippen LogP contribution >= 0.6 is 0 Å². The van der Waals surface area contributed by atoms with E-state index in [-0.39, 0.29) is 35.1 Å². The predicted octanol–water partition coefficient (Wildman–Crippen LogP) is 0.0307. The first-order valence-corrected chi connectivity index (χ1v) is 10.2. The summed E-state index contributed by atoms with van der Waals surface area (Å²) in [4.78, 5) is 39.0. The van der Waals surface area contributed by atoms with Crippen molar-refractivity contribution in [2.24, 2.45) is 0 Å². The Labute approximate surface area is 172 Å². The van der Waals surface area contributed by atoms with Gasteiger partial charge in [-0.05, 0) is 31.2 Å². The fourth-order valence-corrected chi connectivity index (χ4v) is 3.19. The van der Waals surface area contributed by atoms with Crippen LogP contribution < -0.4 is 20.1 Å². The maximum absolute atomic E-state index is 12.5. The van der Waals surface area contributed by atoms with E-state index in [1.807, 2.05) is 4.72 Å². The summed E-state index contributed by atoms with van der Waals surface area (Å²) in [5.74, 6) is -1.52. The number of hydrogen-bond acceptors (Lipinski definition) is 8. The number of carbonyl (C=O) groups is 3. The van der Waals surface area contributed by atoms with E-state index in [1.54, 1.807) is 6.92 Å². The maximum atomic E-state index is 12.5. The molecule has 160 valence electrons. The summed E-state index contributed by atoms with van der Waals surface area (Å²) in [6.45, 7) is 1.84. The van der Waals surface area contributed by atoms with E-state index >= 15 is 0 Å². The van der Waals surface area contributed by atoms with Gasteiger partial charge in [0.25, 0.3) is 21.8 Å². The molecule has 3 amide bonds. The number of carbonyl (C=O) groups excluding carboxylic acids is 3. The van der Waals surface area contributed by atoms with Crippen LogP contribution in [0.4, 0.5) is 4.79 Å². The molecule has 0 saturated heterocycles. The van der Waals surface area contributed by atoms with Gasteiger partial charge < -0.3 is 20.5 Å². The number of amides is 3. The molecule has 30 heavy (non-hydrogen) atoms. The largest absolute Gasteiger partial charge is 0.414 e. The maximum Gasteiger partial charge on any atom is 0.414 e. The van der Waals surface area contributed by atoms with Crippen LogP contribution in [0, 0.1) is 0 Å². The standard InChI is InChI=1S/C18H20N4O7S/c1-2-19-16(24)12-4-3-5-14(10-12)30(27,28)22-17(25)13-6-7-15(21-11-13)29-18(26)20-8-9-23/h3-7,10-11,23H,2,8-9H2,1H3,(H,19,24)(H,20,26)(H,22,25). The van der Waals surface area contributed by atoms with Crippen LogP contribution in [-0.2, 0) is 10.0 Å². The lowest BCUT2D eigenvalue weighted by atomic mass is 10.2. The Morgan fingerprint density at radius 1 is 1.07 bits per heavy atom. The molecule has 0 unspecified atom stereocenters. The fourth-order valence-electron chi connectivity index (χ4n) is 2.17. The number of nitrogens with zero attached hydrogens (tertiary/aromatic N) is 1. The Hall–Kier alpha value is -3.51. The molecule has 1 aromatic heterocycles. The fraction of sp³-hybridized carbons (Fsp3) is 0.222. The first kappa shape index (κ1) is 22.8. The second-order valence-corrected chi connectivity index (χ2v) is 7.43. The lowest BCUT2D eigenvalue weighted by Crippen LogP contribution is -2.31. The molecule has 0 saturated carbocycles. The average Bonchev–Trinajstić information content (AvgIpc) is 2.72. The monoisotopic (exact) mass is 436 g/mol. The Morgan fingerprint density at radius 2 is 1.83 bits per heavy atom. The lowest BCUT2D eigenvalue weighted by molar-refractivity contribution is 0.0953. The summed E-state index contributed by atoms with van der Waals surface area (Å²) in [5, 5.41) is 13.4. The summed E-state index contributed by atoms with van der Waals surface area (Å²) in [7, 11) is -4.24. The van der Waals surface area contributed by atoms with Gasteiger partial charge in [-0.25, -0.2) is 22.9 Å². The van der Waals surface area contributed by atoms with Gasteiger partial charge in [-0.15, -0.1) is 0 Å². The number of aromatic nitrogens is 1. The molecule has 1 heterocycles.